The van der Waals surface area contributed by atoms with Gasteiger partial charge in [0.15, 0.2) is 5.65 Å². The standard InChI is InChI=1S/C16H16BrN5/c1-9(2)22-7-13-15(19-8-20-16(13)21-22)12-6-18-14-4-3-10(17)5-11(12)14/h3-5,7-9,12,18H,6H2,1-2H3. The average molecular weight is 358 g/mol. The van der Waals surface area contributed by atoms with Gasteiger partial charge in [0.25, 0.3) is 0 Å². The predicted molar refractivity (Wildman–Crippen MR) is 90.2 cm³/mol. The summed E-state index contributed by atoms with van der Waals surface area (Å²) >= 11 is 3.56. The first kappa shape index (κ1) is 13.7. The normalized spacial score (nSPS) is 17.0. The lowest BCUT2D eigenvalue weighted by Crippen LogP contribution is -2.06. The van der Waals surface area contributed by atoms with E-state index in [0.29, 0.717) is 6.04 Å². The van der Waals surface area contributed by atoms with E-state index in [1.54, 1.807) is 6.33 Å². The van der Waals surface area contributed by atoms with Crippen LogP contribution in [-0.2, 0) is 0 Å². The number of anilines is 1. The third-order valence-electron chi connectivity index (χ3n) is 4.11. The molecule has 1 N–H and O–H groups in total. The van der Waals surface area contributed by atoms with Crippen molar-refractivity contribution >= 4 is 32.7 Å². The highest BCUT2D eigenvalue weighted by Gasteiger charge is 2.27. The van der Waals surface area contributed by atoms with E-state index in [2.05, 4.69) is 74.6 Å². The Morgan fingerprint density at radius 2 is 2.18 bits per heavy atom. The summed E-state index contributed by atoms with van der Waals surface area (Å²) in [5.74, 6) is 0.225. The number of benzene rings is 1. The van der Waals surface area contributed by atoms with Gasteiger partial charge in [-0.15, -0.1) is 0 Å². The summed E-state index contributed by atoms with van der Waals surface area (Å²) in [4.78, 5) is 8.89. The molecule has 0 bridgehead atoms. The fourth-order valence-corrected chi connectivity index (χ4v) is 3.34. The minimum atomic E-state index is 0.225. The maximum Gasteiger partial charge on any atom is 0.184 e. The number of hydrogen-bond donors (Lipinski definition) is 1. The summed E-state index contributed by atoms with van der Waals surface area (Å²) < 4.78 is 3.04. The molecule has 1 aliphatic heterocycles. The highest BCUT2D eigenvalue weighted by atomic mass is 79.9. The molecule has 112 valence electrons. The van der Waals surface area contributed by atoms with E-state index in [-0.39, 0.29) is 5.92 Å². The largest absolute Gasteiger partial charge is 0.384 e. The lowest BCUT2D eigenvalue weighted by atomic mass is 9.96. The minimum Gasteiger partial charge on any atom is -0.384 e. The first-order valence-electron chi connectivity index (χ1n) is 7.36. The lowest BCUT2D eigenvalue weighted by Gasteiger charge is -2.10. The third-order valence-corrected chi connectivity index (χ3v) is 4.60. The zero-order valence-corrected chi connectivity index (χ0v) is 14.0. The molecule has 2 aromatic heterocycles. The number of halogens is 1. The van der Waals surface area contributed by atoms with Gasteiger partial charge in [0.2, 0.25) is 0 Å². The molecule has 0 spiro atoms. The van der Waals surface area contributed by atoms with E-state index in [1.165, 1.54) is 11.3 Å². The van der Waals surface area contributed by atoms with E-state index in [4.69, 9.17) is 0 Å². The number of fused-ring (bicyclic) bond motifs is 2. The van der Waals surface area contributed by atoms with Gasteiger partial charge in [-0.3, -0.25) is 4.68 Å². The van der Waals surface area contributed by atoms with Gasteiger partial charge in [-0.25, -0.2) is 9.97 Å². The maximum atomic E-state index is 4.57. The molecule has 0 amide bonds. The van der Waals surface area contributed by atoms with Crippen LogP contribution >= 0.6 is 15.9 Å². The molecule has 1 aromatic carbocycles. The van der Waals surface area contributed by atoms with Gasteiger partial charge in [-0.05, 0) is 37.6 Å². The molecule has 6 heteroatoms. The molecule has 1 aliphatic rings. The minimum absolute atomic E-state index is 0.225. The second-order valence-electron chi connectivity index (χ2n) is 5.86. The molecule has 1 unspecified atom stereocenters. The van der Waals surface area contributed by atoms with Crippen molar-refractivity contribution in [1.82, 2.24) is 19.7 Å². The van der Waals surface area contributed by atoms with Crippen LogP contribution in [0.3, 0.4) is 0 Å². The van der Waals surface area contributed by atoms with Crippen LogP contribution in [0, 0.1) is 0 Å². The van der Waals surface area contributed by atoms with Crippen molar-refractivity contribution in [2.45, 2.75) is 25.8 Å². The molecule has 5 nitrogen and oxygen atoms in total. The molecular formula is C16H16BrN5. The first-order valence-corrected chi connectivity index (χ1v) is 8.16. The maximum absolute atomic E-state index is 4.57. The second-order valence-corrected chi connectivity index (χ2v) is 6.78. The van der Waals surface area contributed by atoms with Crippen LogP contribution in [0.4, 0.5) is 5.69 Å². The van der Waals surface area contributed by atoms with Crippen LogP contribution in [0.2, 0.25) is 0 Å². The van der Waals surface area contributed by atoms with E-state index >= 15 is 0 Å². The highest BCUT2D eigenvalue weighted by molar-refractivity contribution is 9.10. The Labute approximate surface area is 136 Å². The fraction of sp³-hybridized carbons (Fsp3) is 0.312. The van der Waals surface area contributed by atoms with Gasteiger partial charge >= 0.3 is 0 Å². The topological polar surface area (TPSA) is 55.6 Å². The average Bonchev–Trinajstić information content (AvgIpc) is 3.10. The summed E-state index contributed by atoms with van der Waals surface area (Å²) in [6, 6.07) is 6.64. The molecule has 1 atom stereocenters. The monoisotopic (exact) mass is 357 g/mol. The number of rotatable bonds is 2. The molecule has 3 aromatic rings. The van der Waals surface area contributed by atoms with Crippen LogP contribution < -0.4 is 5.32 Å². The van der Waals surface area contributed by atoms with Crippen molar-refractivity contribution in [1.29, 1.82) is 0 Å². The van der Waals surface area contributed by atoms with Crippen LogP contribution in [-0.4, -0.2) is 26.3 Å². The van der Waals surface area contributed by atoms with Gasteiger partial charge in [-0.2, -0.15) is 5.10 Å². The summed E-state index contributed by atoms with van der Waals surface area (Å²) in [6.45, 7) is 5.08. The van der Waals surface area contributed by atoms with Crippen molar-refractivity contribution in [3.63, 3.8) is 0 Å². The molecule has 0 aliphatic carbocycles. The molecule has 4 rings (SSSR count). The number of nitrogens with zero attached hydrogens (tertiary/aromatic N) is 4. The molecule has 0 fully saturated rings. The lowest BCUT2D eigenvalue weighted by molar-refractivity contribution is 0.536. The SMILES string of the molecule is CC(C)n1cc2c(C3CNc4ccc(Br)cc43)ncnc2n1. The van der Waals surface area contributed by atoms with E-state index in [9.17, 15) is 0 Å². The van der Waals surface area contributed by atoms with Crippen LogP contribution in [0.1, 0.15) is 37.1 Å². The Morgan fingerprint density at radius 1 is 1.32 bits per heavy atom. The fourth-order valence-electron chi connectivity index (χ4n) is 2.96. The Morgan fingerprint density at radius 3 is 3.00 bits per heavy atom. The summed E-state index contributed by atoms with van der Waals surface area (Å²) in [6.07, 6.45) is 3.68. The number of hydrogen-bond acceptors (Lipinski definition) is 4. The van der Waals surface area contributed by atoms with Crippen LogP contribution in [0.5, 0.6) is 0 Å². The van der Waals surface area contributed by atoms with E-state index < -0.39 is 0 Å². The van der Waals surface area contributed by atoms with Crippen molar-refractivity contribution in [3.8, 4) is 0 Å². The van der Waals surface area contributed by atoms with Crippen molar-refractivity contribution in [2.24, 2.45) is 0 Å². The number of aromatic nitrogens is 4. The molecule has 0 saturated carbocycles. The van der Waals surface area contributed by atoms with Crippen molar-refractivity contribution in [3.05, 3.63) is 46.5 Å². The van der Waals surface area contributed by atoms with E-state index in [0.717, 1.165) is 27.7 Å². The zero-order valence-electron chi connectivity index (χ0n) is 12.4. The highest BCUT2D eigenvalue weighted by Crippen LogP contribution is 2.38. The summed E-state index contributed by atoms with van der Waals surface area (Å²) in [5, 5.41) is 9.05. The van der Waals surface area contributed by atoms with Gasteiger partial charge in [0, 0.05) is 34.9 Å². The van der Waals surface area contributed by atoms with Gasteiger partial charge in [0.05, 0.1) is 11.1 Å². The van der Waals surface area contributed by atoms with Gasteiger partial charge in [-0.1, -0.05) is 15.9 Å². The predicted octanol–water partition coefficient (Wildman–Crippen LogP) is 3.73. The quantitative estimate of drug-likeness (QED) is 0.759. The van der Waals surface area contributed by atoms with Crippen LogP contribution in [0.25, 0.3) is 11.0 Å². The Balaban J connectivity index is 1.88. The zero-order chi connectivity index (χ0) is 15.3. The van der Waals surface area contributed by atoms with Gasteiger partial charge in [0.1, 0.15) is 6.33 Å². The smallest absolute Gasteiger partial charge is 0.184 e. The Bertz CT molecular complexity index is 855. The third kappa shape index (κ3) is 2.09. The Kier molecular flexibility index (Phi) is 3.14. The molecule has 0 radical (unpaired) electrons. The molecule has 0 saturated heterocycles. The summed E-state index contributed by atoms with van der Waals surface area (Å²) in [5.41, 5.74) is 4.26. The Hall–Kier alpha value is -1.95. The van der Waals surface area contributed by atoms with Gasteiger partial charge < -0.3 is 5.32 Å². The first-order chi connectivity index (χ1) is 10.6. The molecule has 22 heavy (non-hydrogen) atoms. The van der Waals surface area contributed by atoms with Crippen molar-refractivity contribution < 1.29 is 0 Å². The number of nitrogens with one attached hydrogen (secondary N) is 1. The second kappa shape index (κ2) is 5.05. The van der Waals surface area contributed by atoms with Crippen molar-refractivity contribution in [2.75, 3.05) is 11.9 Å². The van der Waals surface area contributed by atoms with E-state index in [1.807, 2.05) is 4.68 Å². The molecular weight excluding hydrogens is 342 g/mol. The van der Waals surface area contributed by atoms with Crippen LogP contribution in [0.15, 0.2) is 35.2 Å². The summed E-state index contributed by atoms with van der Waals surface area (Å²) in [7, 11) is 0. The molecule has 3 heterocycles.